The van der Waals surface area contributed by atoms with Crippen molar-refractivity contribution in [2.45, 2.75) is 44.4 Å². The third-order valence-corrected chi connectivity index (χ3v) is 4.77. The van der Waals surface area contributed by atoms with E-state index in [2.05, 4.69) is 50.8 Å². The highest BCUT2D eigenvalue weighted by Gasteiger charge is 2.22. The van der Waals surface area contributed by atoms with Gasteiger partial charge in [0.1, 0.15) is 5.39 Å². The van der Waals surface area contributed by atoms with Crippen molar-refractivity contribution in [1.82, 2.24) is 10.2 Å². The molecule has 0 spiro atoms. The van der Waals surface area contributed by atoms with E-state index < -0.39 is 0 Å². The van der Waals surface area contributed by atoms with E-state index in [4.69, 9.17) is 4.74 Å². The van der Waals surface area contributed by atoms with E-state index in [-0.39, 0.29) is 0 Å². The van der Waals surface area contributed by atoms with Crippen LogP contribution < -0.4 is 10.3 Å². The second-order valence-corrected chi connectivity index (χ2v) is 6.46. The fourth-order valence-corrected chi connectivity index (χ4v) is 3.41. The monoisotopic (exact) mass is 323 g/mol. The molecule has 1 saturated carbocycles. The van der Waals surface area contributed by atoms with E-state index in [1.54, 1.807) is 0 Å². The molecule has 1 aromatic carbocycles. The number of aromatic nitrogens is 3. The Morgan fingerprint density at radius 3 is 2.79 bits per heavy atom. The number of hydrogen-bond acceptors (Lipinski definition) is 3. The highest BCUT2D eigenvalue weighted by molar-refractivity contribution is 5.86. The molecule has 3 aromatic rings. The Morgan fingerprint density at radius 2 is 1.96 bits per heavy atom. The molecule has 0 unspecified atom stereocenters. The van der Waals surface area contributed by atoms with Crippen LogP contribution in [0.3, 0.4) is 0 Å². The first kappa shape index (κ1) is 15.1. The van der Waals surface area contributed by atoms with Crippen molar-refractivity contribution in [1.29, 1.82) is 0 Å². The van der Waals surface area contributed by atoms with Crippen molar-refractivity contribution >= 4 is 16.7 Å². The second kappa shape index (κ2) is 7.01. The van der Waals surface area contributed by atoms with Gasteiger partial charge in [0.15, 0.2) is 0 Å². The minimum Gasteiger partial charge on any atom is -0.381 e. The van der Waals surface area contributed by atoms with Crippen molar-refractivity contribution in [3.8, 4) is 0 Å². The summed E-state index contributed by atoms with van der Waals surface area (Å²) in [6.07, 6.45) is 8.67. The molecule has 5 heteroatoms. The van der Waals surface area contributed by atoms with E-state index in [1.807, 2.05) is 18.5 Å². The molecule has 124 valence electrons. The summed E-state index contributed by atoms with van der Waals surface area (Å²) in [4.78, 5) is 3.17. The summed E-state index contributed by atoms with van der Waals surface area (Å²) in [5.74, 6) is 0. The summed E-state index contributed by atoms with van der Waals surface area (Å²) in [5, 5.41) is 11.9. The first-order chi connectivity index (χ1) is 11.9. The summed E-state index contributed by atoms with van der Waals surface area (Å²) in [6.45, 7) is 0.716. The van der Waals surface area contributed by atoms with Gasteiger partial charge in [-0.25, -0.2) is 4.98 Å². The molecule has 2 heterocycles. The van der Waals surface area contributed by atoms with Crippen LogP contribution in [0.1, 0.15) is 31.2 Å². The van der Waals surface area contributed by atoms with Crippen LogP contribution >= 0.6 is 0 Å². The predicted molar refractivity (Wildman–Crippen MR) is 93.5 cm³/mol. The fourth-order valence-electron chi connectivity index (χ4n) is 3.41. The van der Waals surface area contributed by atoms with Crippen LogP contribution in [0, 0.1) is 0 Å². The van der Waals surface area contributed by atoms with E-state index in [0.29, 0.717) is 18.8 Å². The molecule has 0 atom stereocenters. The Hall–Kier alpha value is -2.40. The smallest absolute Gasteiger partial charge is 0.308 e. The number of aromatic amines is 2. The summed E-state index contributed by atoms with van der Waals surface area (Å²) in [7, 11) is 0. The molecule has 2 aromatic heterocycles. The number of hydrogen-bond donors (Lipinski definition) is 2. The van der Waals surface area contributed by atoms with E-state index in [1.165, 1.54) is 5.56 Å². The van der Waals surface area contributed by atoms with Gasteiger partial charge in [-0.1, -0.05) is 35.4 Å². The minimum absolute atomic E-state index is 0.376. The first-order valence-corrected chi connectivity index (χ1v) is 8.64. The zero-order valence-electron chi connectivity index (χ0n) is 13.7. The lowest BCUT2D eigenvalue weighted by Gasteiger charge is -2.29. The van der Waals surface area contributed by atoms with Crippen LogP contribution in [0.15, 0.2) is 48.8 Å². The maximum absolute atomic E-state index is 6.08. The fraction of sp³-hybridized carbons (Fsp3) is 0.368. The summed E-state index contributed by atoms with van der Waals surface area (Å²) >= 11 is 0. The van der Waals surface area contributed by atoms with Gasteiger partial charge in [-0.15, -0.1) is 5.10 Å². The van der Waals surface area contributed by atoms with Gasteiger partial charge in [-0.3, -0.25) is 0 Å². The van der Waals surface area contributed by atoms with Crippen molar-refractivity contribution in [3.63, 3.8) is 0 Å². The van der Waals surface area contributed by atoms with Gasteiger partial charge in [-0.2, -0.15) is 0 Å². The van der Waals surface area contributed by atoms with Crippen LogP contribution in [0.2, 0.25) is 0 Å². The topological polar surface area (TPSA) is 64.1 Å². The molecule has 0 amide bonds. The number of rotatable bonds is 5. The standard InChI is InChI=1S/C19H22N4O/c1-2-4-14(5-3-1)13-24-16-8-6-15(7-9-16)22-18-10-11-20-19-17(18)12-21-23-19/h1-5,10-12,15-16H,6-9,13H2,(H2,20,21,22,23)/p+1. The molecular weight excluding hydrogens is 300 g/mol. The highest BCUT2D eigenvalue weighted by Crippen LogP contribution is 2.26. The average Bonchev–Trinajstić information content (AvgIpc) is 3.12. The molecule has 3 N–H and O–H groups in total. The number of H-pyrrole nitrogens is 2. The molecule has 1 aliphatic rings. The molecular formula is C19H23N4O+. The van der Waals surface area contributed by atoms with Gasteiger partial charge in [0.25, 0.3) is 0 Å². The molecule has 1 aliphatic carbocycles. The van der Waals surface area contributed by atoms with Crippen molar-refractivity contribution in [3.05, 3.63) is 54.4 Å². The van der Waals surface area contributed by atoms with Crippen molar-refractivity contribution < 1.29 is 9.72 Å². The van der Waals surface area contributed by atoms with Crippen molar-refractivity contribution in [2.24, 2.45) is 0 Å². The molecule has 4 rings (SSSR count). The number of ether oxygens (including phenoxy) is 1. The number of benzene rings is 1. The molecule has 0 radical (unpaired) electrons. The SMILES string of the molecule is c1ccc(COC2CCC(Nc3cc[nH+]c4[nH]ncc34)CC2)cc1. The zero-order valence-corrected chi connectivity index (χ0v) is 13.7. The normalized spacial score (nSPS) is 21.0. The molecule has 0 bridgehead atoms. The van der Waals surface area contributed by atoms with Gasteiger partial charge >= 0.3 is 5.65 Å². The third-order valence-electron chi connectivity index (χ3n) is 4.77. The number of anilines is 1. The van der Waals surface area contributed by atoms with Crippen LogP contribution in [0.5, 0.6) is 0 Å². The van der Waals surface area contributed by atoms with Crippen LogP contribution in [0.25, 0.3) is 11.0 Å². The minimum atomic E-state index is 0.376. The molecule has 24 heavy (non-hydrogen) atoms. The van der Waals surface area contributed by atoms with Gasteiger partial charge < -0.3 is 10.1 Å². The molecule has 0 saturated heterocycles. The molecule has 0 aliphatic heterocycles. The highest BCUT2D eigenvalue weighted by atomic mass is 16.5. The summed E-state index contributed by atoms with van der Waals surface area (Å²) < 4.78 is 6.08. The second-order valence-electron chi connectivity index (χ2n) is 6.46. The Bertz CT molecular complexity index is 778. The lowest BCUT2D eigenvalue weighted by Crippen LogP contribution is -2.30. The maximum Gasteiger partial charge on any atom is 0.308 e. The van der Waals surface area contributed by atoms with E-state index in [0.717, 1.165) is 42.4 Å². The number of pyridine rings is 1. The lowest BCUT2D eigenvalue weighted by atomic mass is 9.92. The Balaban J connectivity index is 1.29. The van der Waals surface area contributed by atoms with Crippen LogP contribution in [-0.2, 0) is 11.3 Å². The Kier molecular flexibility index (Phi) is 4.42. The summed E-state index contributed by atoms with van der Waals surface area (Å²) in [6, 6.07) is 13.0. The zero-order chi connectivity index (χ0) is 16.2. The maximum atomic E-state index is 6.08. The third kappa shape index (κ3) is 3.41. The molecule has 5 nitrogen and oxygen atoms in total. The largest absolute Gasteiger partial charge is 0.381 e. The van der Waals surface area contributed by atoms with Crippen LogP contribution in [-0.4, -0.2) is 22.3 Å². The number of fused-ring (bicyclic) bond motifs is 1. The average molecular weight is 323 g/mol. The van der Waals surface area contributed by atoms with Gasteiger partial charge in [0, 0.05) is 12.1 Å². The van der Waals surface area contributed by atoms with E-state index in [9.17, 15) is 0 Å². The van der Waals surface area contributed by atoms with Gasteiger partial charge in [0.2, 0.25) is 0 Å². The summed E-state index contributed by atoms with van der Waals surface area (Å²) in [5.41, 5.74) is 3.35. The van der Waals surface area contributed by atoms with Crippen LogP contribution in [0.4, 0.5) is 5.69 Å². The quantitative estimate of drug-likeness (QED) is 0.757. The van der Waals surface area contributed by atoms with Gasteiger partial charge in [0.05, 0.1) is 30.8 Å². The number of nitrogens with zero attached hydrogens (tertiary/aromatic N) is 1. The van der Waals surface area contributed by atoms with Crippen molar-refractivity contribution in [2.75, 3.05) is 5.32 Å². The first-order valence-electron chi connectivity index (χ1n) is 8.64. The van der Waals surface area contributed by atoms with E-state index >= 15 is 0 Å². The number of nitrogens with one attached hydrogen (secondary N) is 3. The molecule has 1 fully saturated rings. The Morgan fingerprint density at radius 1 is 1.12 bits per heavy atom. The Labute approximate surface area is 141 Å². The van der Waals surface area contributed by atoms with Gasteiger partial charge in [-0.05, 0) is 31.2 Å². The lowest BCUT2D eigenvalue weighted by molar-refractivity contribution is -0.347. The predicted octanol–water partition coefficient (Wildman–Crippen LogP) is 3.32.